The van der Waals surface area contributed by atoms with Crippen LogP contribution in [0.15, 0.2) is 41.3 Å². The van der Waals surface area contributed by atoms with Crippen molar-refractivity contribution in [2.45, 2.75) is 6.54 Å². The molecule has 0 unspecified atom stereocenters. The molecule has 134 valence electrons. The predicted octanol–water partition coefficient (Wildman–Crippen LogP) is 4.94. The summed E-state index contributed by atoms with van der Waals surface area (Å²) in [6, 6.07) is 9.66. The van der Waals surface area contributed by atoms with Crippen LogP contribution in [-0.4, -0.2) is 28.3 Å². The van der Waals surface area contributed by atoms with Crippen LogP contribution in [0.25, 0.3) is 6.08 Å². The summed E-state index contributed by atoms with van der Waals surface area (Å²) in [6.45, 7) is -0.000583. The summed E-state index contributed by atoms with van der Waals surface area (Å²) in [4.78, 5) is 26.3. The third kappa shape index (κ3) is 3.67. The van der Waals surface area contributed by atoms with Crippen LogP contribution in [-0.2, 0) is 11.3 Å². The maximum absolute atomic E-state index is 12.6. The summed E-state index contributed by atoms with van der Waals surface area (Å²) in [7, 11) is 1.43. The van der Waals surface area contributed by atoms with Crippen LogP contribution in [0, 0.1) is 0 Å². The molecule has 26 heavy (non-hydrogen) atoms. The molecule has 2 aromatic rings. The van der Waals surface area contributed by atoms with E-state index < -0.39 is 11.1 Å². The quantitative estimate of drug-likeness (QED) is 0.723. The Hall–Kier alpha value is -2.15. The molecule has 1 fully saturated rings. The first-order valence-electron chi connectivity index (χ1n) is 7.46. The highest BCUT2D eigenvalue weighted by atomic mass is 35.5. The van der Waals surface area contributed by atoms with Crippen LogP contribution in [0.1, 0.15) is 11.1 Å². The molecule has 0 atom stereocenters. The van der Waals surface area contributed by atoms with Gasteiger partial charge in [0.15, 0.2) is 11.5 Å². The van der Waals surface area contributed by atoms with Crippen LogP contribution in [0.5, 0.6) is 11.5 Å². The molecule has 0 bridgehead atoms. The number of methoxy groups -OCH3 is 1. The number of carbonyl (C=O) groups is 2. The van der Waals surface area contributed by atoms with Crippen molar-refractivity contribution in [3.63, 3.8) is 0 Å². The van der Waals surface area contributed by atoms with Crippen molar-refractivity contribution in [1.82, 2.24) is 4.90 Å². The number of halogens is 2. The largest absolute Gasteiger partial charge is 0.504 e. The molecule has 1 saturated heterocycles. The average molecular weight is 410 g/mol. The summed E-state index contributed by atoms with van der Waals surface area (Å²) in [5, 5.41) is 10.0. The van der Waals surface area contributed by atoms with Crippen molar-refractivity contribution in [2.75, 3.05) is 7.11 Å². The number of rotatable bonds is 4. The van der Waals surface area contributed by atoms with Crippen molar-refractivity contribution in [1.29, 1.82) is 0 Å². The summed E-state index contributed by atoms with van der Waals surface area (Å²) < 4.78 is 5.05. The minimum atomic E-state index is -0.428. The van der Waals surface area contributed by atoms with Gasteiger partial charge in [0.2, 0.25) is 0 Å². The lowest BCUT2D eigenvalue weighted by atomic mass is 10.1. The molecule has 1 N–H and O–H groups in total. The molecule has 5 nitrogen and oxygen atoms in total. The number of carbonyl (C=O) groups excluding carboxylic acids is 2. The van der Waals surface area contributed by atoms with Crippen molar-refractivity contribution in [2.24, 2.45) is 0 Å². The average Bonchev–Trinajstić information content (AvgIpc) is 2.87. The van der Waals surface area contributed by atoms with Gasteiger partial charge in [0, 0.05) is 15.6 Å². The number of nitrogens with zero attached hydrogens (tertiary/aromatic N) is 1. The van der Waals surface area contributed by atoms with Gasteiger partial charge in [0.25, 0.3) is 11.1 Å². The first kappa shape index (κ1) is 18.6. The first-order chi connectivity index (χ1) is 12.4. The predicted molar refractivity (Wildman–Crippen MR) is 103 cm³/mol. The molecule has 1 heterocycles. The van der Waals surface area contributed by atoms with Crippen molar-refractivity contribution >= 4 is 52.2 Å². The minimum Gasteiger partial charge on any atom is -0.504 e. The smallest absolute Gasteiger partial charge is 0.293 e. The highest BCUT2D eigenvalue weighted by Gasteiger charge is 2.35. The van der Waals surface area contributed by atoms with Crippen LogP contribution in [0.4, 0.5) is 4.79 Å². The number of hydrogen-bond donors (Lipinski definition) is 1. The number of phenols is 1. The van der Waals surface area contributed by atoms with Crippen LogP contribution >= 0.6 is 35.0 Å². The number of phenolic OH excluding ortho intramolecular Hbond substituents is 1. The Labute approximate surface area is 164 Å². The number of benzene rings is 2. The second-order valence-corrected chi connectivity index (χ2v) is 7.21. The maximum Gasteiger partial charge on any atom is 0.293 e. The van der Waals surface area contributed by atoms with E-state index >= 15 is 0 Å². The standard InChI is InChI=1S/C18H13Cl2NO4S/c1-25-15-7-10(5-6-14(15)22)8-16-17(23)21(18(24)26-16)9-11-12(19)3-2-4-13(11)20/h2-8,22H,9H2,1H3/b16-8+. The molecule has 2 amide bonds. The van der Waals surface area contributed by atoms with Crippen LogP contribution in [0.3, 0.4) is 0 Å². The SMILES string of the molecule is COc1cc(/C=C2/SC(=O)N(Cc3c(Cl)cccc3Cl)C2=O)ccc1O. The van der Waals surface area contributed by atoms with E-state index in [1.165, 1.54) is 13.2 Å². The van der Waals surface area contributed by atoms with Crippen molar-refractivity contribution in [3.8, 4) is 11.5 Å². The fourth-order valence-corrected chi connectivity index (χ4v) is 3.77. The number of hydrogen-bond acceptors (Lipinski definition) is 5. The Balaban J connectivity index is 1.87. The van der Waals surface area contributed by atoms with Crippen molar-refractivity contribution in [3.05, 3.63) is 62.5 Å². The lowest BCUT2D eigenvalue weighted by molar-refractivity contribution is -0.123. The molecule has 0 aliphatic carbocycles. The highest BCUT2D eigenvalue weighted by Crippen LogP contribution is 2.36. The minimum absolute atomic E-state index is 0.000583. The third-order valence-electron chi connectivity index (χ3n) is 3.75. The molecule has 0 spiro atoms. The van der Waals surface area contributed by atoms with Gasteiger partial charge in [-0.15, -0.1) is 0 Å². The van der Waals surface area contributed by atoms with Gasteiger partial charge in [-0.25, -0.2) is 0 Å². The zero-order valence-electron chi connectivity index (χ0n) is 13.5. The molecular weight excluding hydrogens is 397 g/mol. The summed E-state index contributed by atoms with van der Waals surface area (Å²) in [5.74, 6) is -0.157. The van der Waals surface area contributed by atoms with E-state index in [-0.39, 0.29) is 22.9 Å². The summed E-state index contributed by atoms with van der Waals surface area (Å²) in [6.07, 6.45) is 1.57. The van der Waals surface area contributed by atoms with E-state index in [0.29, 0.717) is 21.2 Å². The van der Waals surface area contributed by atoms with Crippen LogP contribution < -0.4 is 4.74 Å². The van der Waals surface area contributed by atoms with E-state index in [0.717, 1.165) is 16.7 Å². The lowest BCUT2D eigenvalue weighted by Gasteiger charge is -2.14. The lowest BCUT2D eigenvalue weighted by Crippen LogP contribution is -2.27. The summed E-state index contributed by atoms with van der Waals surface area (Å²) in [5.41, 5.74) is 1.15. The number of ether oxygens (including phenoxy) is 1. The monoisotopic (exact) mass is 409 g/mol. The summed E-state index contributed by atoms with van der Waals surface area (Å²) >= 11 is 13.1. The van der Waals surface area contributed by atoms with Gasteiger partial charge in [-0.1, -0.05) is 35.3 Å². The van der Waals surface area contributed by atoms with Gasteiger partial charge in [0.05, 0.1) is 18.6 Å². The van der Waals surface area contributed by atoms with E-state index in [4.69, 9.17) is 27.9 Å². The topological polar surface area (TPSA) is 66.8 Å². The maximum atomic E-state index is 12.6. The molecule has 2 aromatic carbocycles. The van der Waals surface area contributed by atoms with E-state index in [9.17, 15) is 14.7 Å². The zero-order chi connectivity index (χ0) is 18.8. The van der Waals surface area contributed by atoms with Crippen LogP contribution in [0.2, 0.25) is 10.0 Å². The number of imide groups is 1. The number of amides is 2. The first-order valence-corrected chi connectivity index (χ1v) is 9.03. The second kappa shape index (κ2) is 7.61. The Morgan fingerprint density at radius 3 is 2.54 bits per heavy atom. The Morgan fingerprint density at radius 1 is 1.19 bits per heavy atom. The highest BCUT2D eigenvalue weighted by molar-refractivity contribution is 8.18. The molecule has 8 heteroatoms. The molecule has 1 aliphatic rings. The van der Waals surface area contributed by atoms with Gasteiger partial charge in [0.1, 0.15) is 0 Å². The van der Waals surface area contributed by atoms with Gasteiger partial charge >= 0.3 is 0 Å². The van der Waals surface area contributed by atoms with E-state index in [2.05, 4.69) is 0 Å². The Bertz CT molecular complexity index is 909. The molecule has 0 aromatic heterocycles. The van der Waals surface area contributed by atoms with Gasteiger partial charge in [-0.3, -0.25) is 14.5 Å². The zero-order valence-corrected chi connectivity index (χ0v) is 15.9. The molecular formula is C18H13Cl2NO4S. The molecule has 3 rings (SSSR count). The number of thioether (sulfide) groups is 1. The van der Waals surface area contributed by atoms with Gasteiger partial charge in [-0.05, 0) is 47.7 Å². The van der Waals surface area contributed by atoms with Gasteiger partial charge < -0.3 is 9.84 Å². The van der Waals surface area contributed by atoms with E-state index in [1.807, 2.05) is 0 Å². The van der Waals surface area contributed by atoms with Gasteiger partial charge in [-0.2, -0.15) is 0 Å². The normalized spacial score (nSPS) is 15.8. The number of aromatic hydroxyl groups is 1. The molecule has 1 aliphatic heterocycles. The Morgan fingerprint density at radius 2 is 1.88 bits per heavy atom. The Kier molecular flexibility index (Phi) is 5.46. The molecule has 0 saturated carbocycles. The molecule has 0 radical (unpaired) electrons. The van der Waals surface area contributed by atoms with E-state index in [1.54, 1.807) is 36.4 Å². The van der Waals surface area contributed by atoms with Crippen molar-refractivity contribution < 1.29 is 19.4 Å². The fourth-order valence-electron chi connectivity index (χ4n) is 2.41. The second-order valence-electron chi connectivity index (χ2n) is 5.40. The third-order valence-corrected chi connectivity index (χ3v) is 5.37. The fraction of sp³-hybridized carbons (Fsp3) is 0.111.